The smallest absolute Gasteiger partial charge is 0.259 e. The van der Waals surface area contributed by atoms with Crippen LogP contribution in [0.1, 0.15) is 12.5 Å². The molecule has 5 heteroatoms. The van der Waals surface area contributed by atoms with Gasteiger partial charge in [0.05, 0.1) is 5.56 Å². The summed E-state index contributed by atoms with van der Waals surface area (Å²) in [6, 6.07) is 0. The Labute approximate surface area is 76.0 Å². The van der Waals surface area contributed by atoms with E-state index >= 15 is 0 Å². The molecule has 0 bridgehead atoms. The van der Waals surface area contributed by atoms with Crippen LogP contribution in [0.25, 0.3) is 0 Å². The minimum Gasteiger partial charge on any atom is -0.493 e. The van der Waals surface area contributed by atoms with E-state index in [1.165, 1.54) is 0 Å². The van der Waals surface area contributed by atoms with Crippen molar-refractivity contribution in [3.63, 3.8) is 0 Å². The average molecular weight is 183 g/mol. The normalized spacial score (nSPS) is 10.1. The molecule has 0 spiro atoms. The molecule has 1 heterocycles. The largest absolute Gasteiger partial charge is 0.493 e. The SMILES string of the molecule is CCc1c(O)nc(N(C)C)[nH]c1=O. The molecule has 0 amide bonds. The Morgan fingerprint density at radius 3 is 2.54 bits per heavy atom. The highest BCUT2D eigenvalue weighted by molar-refractivity contribution is 5.33. The monoisotopic (exact) mass is 183 g/mol. The summed E-state index contributed by atoms with van der Waals surface area (Å²) in [5.41, 5.74) is 0.0456. The van der Waals surface area contributed by atoms with Crippen molar-refractivity contribution in [2.75, 3.05) is 19.0 Å². The average Bonchev–Trinajstić information content (AvgIpc) is 2.03. The first-order valence-electron chi connectivity index (χ1n) is 4.05. The number of rotatable bonds is 2. The van der Waals surface area contributed by atoms with E-state index in [0.29, 0.717) is 17.9 Å². The summed E-state index contributed by atoms with van der Waals surface area (Å²) < 4.78 is 0. The first kappa shape index (κ1) is 9.57. The quantitative estimate of drug-likeness (QED) is 0.682. The topological polar surface area (TPSA) is 69.2 Å². The number of H-pyrrole nitrogens is 1. The van der Waals surface area contributed by atoms with Crippen molar-refractivity contribution in [1.29, 1.82) is 0 Å². The number of aromatic nitrogens is 2. The molecule has 72 valence electrons. The molecule has 1 rings (SSSR count). The maximum absolute atomic E-state index is 11.3. The van der Waals surface area contributed by atoms with Crippen molar-refractivity contribution in [3.8, 4) is 5.88 Å². The molecule has 0 saturated carbocycles. The Bertz CT molecular complexity index is 357. The minimum atomic E-state index is -0.279. The van der Waals surface area contributed by atoms with Crippen LogP contribution in [0.4, 0.5) is 5.95 Å². The molecule has 0 aliphatic rings. The highest BCUT2D eigenvalue weighted by Gasteiger charge is 2.08. The van der Waals surface area contributed by atoms with Gasteiger partial charge in [-0.1, -0.05) is 6.92 Å². The van der Waals surface area contributed by atoms with Crippen LogP contribution in [0.3, 0.4) is 0 Å². The molecular weight excluding hydrogens is 170 g/mol. The van der Waals surface area contributed by atoms with Crippen LogP contribution in [0.5, 0.6) is 5.88 Å². The van der Waals surface area contributed by atoms with E-state index in [0.717, 1.165) is 0 Å². The molecule has 0 fully saturated rings. The van der Waals surface area contributed by atoms with Crippen molar-refractivity contribution in [1.82, 2.24) is 9.97 Å². The fourth-order valence-corrected chi connectivity index (χ4v) is 1.00. The predicted molar refractivity (Wildman–Crippen MR) is 50.2 cm³/mol. The van der Waals surface area contributed by atoms with Gasteiger partial charge in [0.2, 0.25) is 11.8 Å². The Hall–Kier alpha value is -1.52. The van der Waals surface area contributed by atoms with Crippen LogP contribution in [0.15, 0.2) is 4.79 Å². The van der Waals surface area contributed by atoms with Gasteiger partial charge in [-0.2, -0.15) is 4.98 Å². The van der Waals surface area contributed by atoms with Crippen LogP contribution < -0.4 is 10.5 Å². The standard InChI is InChI=1S/C8H13N3O2/c1-4-5-6(12)9-8(11(2)3)10-7(5)13/h4H2,1-3H3,(H2,9,10,12,13). The second kappa shape index (κ2) is 3.47. The van der Waals surface area contributed by atoms with E-state index in [1.807, 2.05) is 0 Å². The van der Waals surface area contributed by atoms with Crippen LogP contribution in [0, 0.1) is 0 Å². The molecule has 0 aliphatic carbocycles. The number of hydrogen-bond acceptors (Lipinski definition) is 4. The van der Waals surface area contributed by atoms with Crippen LogP contribution in [-0.2, 0) is 6.42 Å². The zero-order valence-electron chi connectivity index (χ0n) is 7.96. The second-order valence-electron chi connectivity index (χ2n) is 2.94. The molecule has 13 heavy (non-hydrogen) atoms. The summed E-state index contributed by atoms with van der Waals surface area (Å²) in [4.78, 5) is 19.3. The molecule has 1 aromatic rings. The molecular formula is C8H13N3O2. The van der Waals surface area contributed by atoms with E-state index < -0.39 is 0 Å². The zero-order chi connectivity index (χ0) is 10.0. The summed E-state index contributed by atoms with van der Waals surface area (Å²) in [6.45, 7) is 1.79. The van der Waals surface area contributed by atoms with Gasteiger partial charge in [0, 0.05) is 14.1 Å². The molecule has 2 N–H and O–H groups in total. The van der Waals surface area contributed by atoms with Gasteiger partial charge in [0.1, 0.15) is 0 Å². The van der Waals surface area contributed by atoms with Crippen molar-refractivity contribution in [2.24, 2.45) is 0 Å². The maximum atomic E-state index is 11.3. The number of aromatic amines is 1. The van der Waals surface area contributed by atoms with Gasteiger partial charge in [0.15, 0.2) is 0 Å². The van der Waals surface area contributed by atoms with Gasteiger partial charge >= 0.3 is 0 Å². The number of hydrogen-bond donors (Lipinski definition) is 2. The first-order valence-corrected chi connectivity index (χ1v) is 4.05. The molecule has 5 nitrogen and oxygen atoms in total. The van der Waals surface area contributed by atoms with Crippen LogP contribution in [-0.4, -0.2) is 29.2 Å². The Morgan fingerprint density at radius 1 is 1.54 bits per heavy atom. The second-order valence-corrected chi connectivity index (χ2v) is 2.94. The molecule has 0 saturated heterocycles. The molecule has 0 unspecified atom stereocenters. The minimum absolute atomic E-state index is 0.185. The van der Waals surface area contributed by atoms with Crippen LogP contribution >= 0.6 is 0 Å². The van der Waals surface area contributed by atoms with Gasteiger partial charge in [-0.15, -0.1) is 0 Å². The van der Waals surface area contributed by atoms with Crippen molar-refractivity contribution in [2.45, 2.75) is 13.3 Å². The number of anilines is 1. The molecule has 1 aromatic heterocycles. The van der Waals surface area contributed by atoms with Gasteiger partial charge in [-0.25, -0.2) is 0 Å². The molecule has 0 radical (unpaired) electrons. The lowest BCUT2D eigenvalue weighted by atomic mass is 10.2. The third-order valence-corrected chi connectivity index (χ3v) is 1.76. The van der Waals surface area contributed by atoms with E-state index in [-0.39, 0.29) is 11.4 Å². The van der Waals surface area contributed by atoms with E-state index in [1.54, 1.807) is 25.9 Å². The predicted octanol–water partition coefficient (Wildman–Crippen LogP) is 0.104. The van der Waals surface area contributed by atoms with E-state index in [9.17, 15) is 9.90 Å². The lowest BCUT2D eigenvalue weighted by molar-refractivity contribution is 0.444. The Kier molecular flexibility index (Phi) is 2.55. The molecule has 0 aliphatic heterocycles. The van der Waals surface area contributed by atoms with Gasteiger partial charge in [0.25, 0.3) is 5.56 Å². The Balaban J connectivity index is 3.29. The molecule has 0 aromatic carbocycles. The lowest BCUT2D eigenvalue weighted by Crippen LogP contribution is -2.20. The summed E-state index contributed by atoms with van der Waals surface area (Å²) in [7, 11) is 3.48. The van der Waals surface area contributed by atoms with Crippen molar-refractivity contribution < 1.29 is 5.11 Å². The fraction of sp³-hybridized carbons (Fsp3) is 0.500. The fourth-order valence-electron chi connectivity index (χ4n) is 1.00. The van der Waals surface area contributed by atoms with Gasteiger partial charge in [-0.3, -0.25) is 9.78 Å². The summed E-state index contributed by atoms with van der Waals surface area (Å²) >= 11 is 0. The van der Waals surface area contributed by atoms with E-state index in [4.69, 9.17) is 0 Å². The number of aromatic hydroxyl groups is 1. The first-order chi connectivity index (χ1) is 6.06. The highest BCUT2D eigenvalue weighted by Crippen LogP contribution is 2.11. The van der Waals surface area contributed by atoms with Crippen molar-refractivity contribution in [3.05, 3.63) is 15.9 Å². The third-order valence-electron chi connectivity index (χ3n) is 1.76. The third kappa shape index (κ3) is 1.80. The van der Waals surface area contributed by atoms with Crippen molar-refractivity contribution >= 4 is 5.95 Å². The number of nitrogens with one attached hydrogen (secondary N) is 1. The summed E-state index contributed by atoms with van der Waals surface area (Å²) in [5, 5.41) is 9.36. The van der Waals surface area contributed by atoms with Crippen LogP contribution in [0.2, 0.25) is 0 Å². The van der Waals surface area contributed by atoms with Gasteiger partial charge < -0.3 is 10.0 Å². The van der Waals surface area contributed by atoms with Gasteiger partial charge in [-0.05, 0) is 6.42 Å². The Morgan fingerprint density at radius 2 is 2.15 bits per heavy atom. The maximum Gasteiger partial charge on any atom is 0.259 e. The lowest BCUT2D eigenvalue weighted by Gasteiger charge is -2.11. The summed E-state index contributed by atoms with van der Waals surface area (Å²) in [5.74, 6) is 0.176. The highest BCUT2D eigenvalue weighted by atomic mass is 16.3. The van der Waals surface area contributed by atoms with E-state index in [2.05, 4.69) is 9.97 Å². The zero-order valence-corrected chi connectivity index (χ0v) is 7.96. The summed E-state index contributed by atoms with van der Waals surface area (Å²) in [6.07, 6.45) is 0.474. The molecule has 0 atom stereocenters. The number of nitrogens with zero attached hydrogens (tertiary/aromatic N) is 2.